The minimum absolute atomic E-state index is 0.362. The van der Waals surface area contributed by atoms with Crippen molar-refractivity contribution in [2.24, 2.45) is 5.16 Å². The number of ether oxygens (including phenoxy) is 1. The molecule has 4 rings (SSSR count). The molecular formula is C25H24N2O4. The smallest absolute Gasteiger partial charge is 0.341 e. The van der Waals surface area contributed by atoms with E-state index in [1.165, 1.54) is 21.8 Å². The van der Waals surface area contributed by atoms with Crippen LogP contribution in [0.4, 0.5) is 0 Å². The van der Waals surface area contributed by atoms with Gasteiger partial charge in [-0.2, -0.15) is 0 Å². The first-order valence-corrected chi connectivity index (χ1v) is 10.1. The van der Waals surface area contributed by atoms with Gasteiger partial charge in [0, 0.05) is 21.8 Å². The minimum atomic E-state index is -1.00. The van der Waals surface area contributed by atoms with Crippen LogP contribution in [0.15, 0.2) is 71.9 Å². The monoisotopic (exact) mass is 416 g/mol. The molecule has 0 bridgehead atoms. The molecule has 0 amide bonds. The van der Waals surface area contributed by atoms with Crippen molar-refractivity contribution in [2.75, 3.05) is 13.2 Å². The van der Waals surface area contributed by atoms with Crippen LogP contribution in [0.3, 0.4) is 0 Å². The molecule has 6 nitrogen and oxygen atoms in total. The summed E-state index contributed by atoms with van der Waals surface area (Å²) in [5.74, 6) is -0.455. The summed E-state index contributed by atoms with van der Waals surface area (Å²) < 4.78 is 7.53. The van der Waals surface area contributed by atoms with Gasteiger partial charge in [-0.3, -0.25) is 0 Å². The minimum Gasteiger partial charge on any atom is -0.482 e. The lowest BCUT2D eigenvalue weighted by Crippen LogP contribution is -2.10. The third-order valence-corrected chi connectivity index (χ3v) is 5.23. The maximum Gasteiger partial charge on any atom is 0.341 e. The number of carbonyl (C=O) groups is 1. The Bertz CT molecular complexity index is 1220. The Balaban J connectivity index is 1.44. The number of rotatable bonds is 8. The Hall–Kier alpha value is -3.80. The molecule has 3 aromatic carbocycles. The standard InChI is InChI=1S/C25H24N2O4/c1-17-15-19(11-12-24(17)30-16-25(28)29)18(2)26-31-14-13-27-22-9-5-3-7-20(22)21-8-4-6-10-23(21)27/h3-12,15H,13-14,16H2,1-2H3,(H,28,29)/b26-18+. The highest BCUT2D eigenvalue weighted by Crippen LogP contribution is 2.28. The van der Waals surface area contributed by atoms with E-state index in [9.17, 15) is 4.79 Å². The molecule has 0 aliphatic rings. The molecule has 0 fully saturated rings. The Morgan fingerprint density at radius 1 is 1.00 bits per heavy atom. The summed E-state index contributed by atoms with van der Waals surface area (Å²) in [6.07, 6.45) is 0. The van der Waals surface area contributed by atoms with Crippen molar-refractivity contribution in [1.29, 1.82) is 0 Å². The van der Waals surface area contributed by atoms with E-state index in [2.05, 4.69) is 46.1 Å². The maximum absolute atomic E-state index is 10.7. The van der Waals surface area contributed by atoms with Crippen molar-refractivity contribution < 1.29 is 19.5 Å². The Morgan fingerprint density at radius 3 is 2.26 bits per heavy atom. The van der Waals surface area contributed by atoms with Crippen LogP contribution in [-0.4, -0.2) is 34.6 Å². The zero-order valence-electron chi connectivity index (χ0n) is 17.5. The number of hydrogen-bond acceptors (Lipinski definition) is 4. The van der Waals surface area contributed by atoms with Crippen LogP contribution in [0.5, 0.6) is 5.75 Å². The number of carboxylic acid groups (broad SMARTS) is 1. The topological polar surface area (TPSA) is 73.0 Å². The van der Waals surface area contributed by atoms with Crippen LogP contribution in [0.2, 0.25) is 0 Å². The van der Waals surface area contributed by atoms with E-state index in [0.29, 0.717) is 18.9 Å². The van der Waals surface area contributed by atoms with Gasteiger partial charge in [0.2, 0.25) is 0 Å². The largest absolute Gasteiger partial charge is 0.482 e. The summed E-state index contributed by atoms with van der Waals surface area (Å²) in [7, 11) is 0. The van der Waals surface area contributed by atoms with Crippen LogP contribution in [0.1, 0.15) is 18.1 Å². The third kappa shape index (κ3) is 4.38. The van der Waals surface area contributed by atoms with Crippen LogP contribution in [0, 0.1) is 6.92 Å². The number of nitrogens with zero attached hydrogens (tertiary/aromatic N) is 2. The van der Waals surface area contributed by atoms with Gasteiger partial charge in [-0.1, -0.05) is 41.6 Å². The number of oxime groups is 1. The summed E-state index contributed by atoms with van der Waals surface area (Å²) in [4.78, 5) is 16.3. The van der Waals surface area contributed by atoms with Gasteiger partial charge in [0.25, 0.3) is 0 Å². The fraction of sp³-hybridized carbons (Fsp3) is 0.200. The van der Waals surface area contributed by atoms with E-state index in [4.69, 9.17) is 14.7 Å². The van der Waals surface area contributed by atoms with Crippen molar-refractivity contribution in [3.8, 4) is 5.75 Å². The van der Waals surface area contributed by atoms with Crippen molar-refractivity contribution in [3.05, 3.63) is 77.9 Å². The second-order valence-corrected chi connectivity index (χ2v) is 7.36. The van der Waals surface area contributed by atoms with Crippen molar-refractivity contribution in [2.45, 2.75) is 20.4 Å². The number of aryl methyl sites for hydroxylation is 1. The maximum atomic E-state index is 10.7. The molecule has 0 unspecified atom stereocenters. The second kappa shape index (κ2) is 8.92. The summed E-state index contributed by atoms with van der Waals surface area (Å²) in [5.41, 5.74) is 4.85. The fourth-order valence-electron chi connectivity index (χ4n) is 3.75. The molecule has 0 spiro atoms. The molecule has 0 saturated heterocycles. The summed E-state index contributed by atoms with van der Waals surface area (Å²) >= 11 is 0. The number of fused-ring (bicyclic) bond motifs is 3. The number of benzene rings is 3. The summed E-state index contributed by atoms with van der Waals surface area (Å²) in [5, 5.41) is 15.5. The molecule has 1 heterocycles. The highest BCUT2D eigenvalue weighted by molar-refractivity contribution is 6.07. The molecule has 0 atom stereocenters. The normalized spacial score (nSPS) is 11.7. The first kappa shape index (κ1) is 20.5. The molecule has 1 N–H and O–H groups in total. The predicted octanol–water partition coefficient (Wildman–Crippen LogP) is 5.01. The van der Waals surface area contributed by atoms with Gasteiger partial charge in [-0.25, -0.2) is 4.79 Å². The molecule has 158 valence electrons. The zero-order chi connectivity index (χ0) is 21.8. The van der Waals surface area contributed by atoms with Gasteiger partial charge in [-0.15, -0.1) is 0 Å². The Kier molecular flexibility index (Phi) is 5.89. The summed E-state index contributed by atoms with van der Waals surface area (Å²) in [6.45, 7) is 4.52. The molecular weight excluding hydrogens is 392 g/mol. The zero-order valence-corrected chi connectivity index (χ0v) is 17.5. The van der Waals surface area contributed by atoms with Crippen LogP contribution in [-0.2, 0) is 16.2 Å². The lowest BCUT2D eigenvalue weighted by atomic mass is 10.1. The van der Waals surface area contributed by atoms with Crippen LogP contribution in [0.25, 0.3) is 21.8 Å². The fourth-order valence-corrected chi connectivity index (χ4v) is 3.75. The number of para-hydroxylation sites is 2. The lowest BCUT2D eigenvalue weighted by molar-refractivity contribution is -0.139. The first-order chi connectivity index (χ1) is 15.0. The number of aliphatic carboxylic acids is 1. The van der Waals surface area contributed by atoms with Gasteiger partial charge < -0.3 is 19.2 Å². The molecule has 31 heavy (non-hydrogen) atoms. The highest BCUT2D eigenvalue weighted by Gasteiger charge is 2.10. The number of hydrogen-bond donors (Lipinski definition) is 1. The van der Waals surface area contributed by atoms with Gasteiger partial charge in [0.15, 0.2) is 6.61 Å². The first-order valence-electron chi connectivity index (χ1n) is 10.1. The van der Waals surface area contributed by atoms with Crippen LogP contribution >= 0.6 is 0 Å². The van der Waals surface area contributed by atoms with Crippen LogP contribution < -0.4 is 4.74 Å². The highest BCUT2D eigenvalue weighted by atomic mass is 16.6. The molecule has 1 aromatic heterocycles. The van der Waals surface area contributed by atoms with E-state index in [1.54, 1.807) is 6.07 Å². The van der Waals surface area contributed by atoms with Crippen molar-refractivity contribution in [3.63, 3.8) is 0 Å². The SMILES string of the molecule is C/C(=N\OCCn1c2ccccc2c2ccccc21)c1ccc(OCC(=O)O)c(C)c1. The van der Waals surface area contributed by atoms with Crippen molar-refractivity contribution in [1.82, 2.24) is 4.57 Å². The van der Waals surface area contributed by atoms with E-state index in [1.807, 2.05) is 38.1 Å². The average Bonchev–Trinajstić information content (AvgIpc) is 3.09. The second-order valence-electron chi connectivity index (χ2n) is 7.36. The van der Waals surface area contributed by atoms with Gasteiger partial charge in [0.05, 0.1) is 12.3 Å². The van der Waals surface area contributed by atoms with Gasteiger partial charge in [0.1, 0.15) is 12.4 Å². The van der Waals surface area contributed by atoms with Gasteiger partial charge >= 0.3 is 5.97 Å². The molecule has 0 aliphatic heterocycles. The molecule has 6 heteroatoms. The third-order valence-electron chi connectivity index (χ3n) is 5.23. The number of carboxylic acids is 1. The Labute approximate surface area is 180 Å². The van der Waals surface area contributed by atoms with Crippen molar-refractivity contribution >= 4 is 33.5 Å². The molecule has 0 saturated carbocycles. The lowest BCUT2D eigenvalue weighted by Gasteiger charge is -2.10. The summed E-state index contributed by atoms with van der Waals surface area (Å²) in [6, 6.07) is 22.3. The quantitative estimate of drug-likeness (QED) is 0.249. The molecule has 4 aromatic rings. The van der Waals surface area contributed by atoms with E-state index in [-0.39, 0.29) is 6.61 Å². The van der Waals surface area contributed by atoms with E-state index < -0.39 is 5.97 Å². The molecule has 0 radical (unpaired) electrons. The Morgan fingerprint density at radius 2 is 1.65 bits per heavy atom. The van der Waals surface area contributed by atoms with Gasteiger partial charge in [-0.05, 0) is 55.3 Å². The number of aromatic nitrogens is 1. The molecule has 0 aliphatic carbocycles. The predicted molar refractivity (Wildman–Crippen MR) is 122 cm³/mol. The van der Waals surface area contributed by atoms with E-state index in [0.717, 1.165) is 16.8 Å². The average molecular weight is 416 g/mol. The van der Waals surface area contributed by atoms with E-state index >= 15 is 0 Å².